The van der Waals surface area contributed by atoms with Crippen molar-refractivity contribution in [1.29, 1.82) is 0 Å². The molecular weight excluding hydrogens is 256 g/mol. The first kappa shape index (κ1) is 15.7. The molecule has 1 saturated heterocycles. The number of nitrogens with zero attached hydrogens (tertiary/aromatic N) is 1. The fourth-order valence-corrected chi connectivity index (χ4v) is 3.05. The Morgan fingerprint density at radius 2 is 2.00 bits per heavy atom. The fourth-order valence-electron chi connectivity index (χ4n) is 3.05. The van der Waals surface area contributed by atoms with Gasteiger partial charge < -0.3 is 14.4 Å². The van der Waals surface area contributed by atoms with Crippen molar-refractivity contribution in [2.45, 2.75) is 44.2 Å². The van der Waals surface area contributed by atoms with Crippen LogP contribution in [-0.4, -0.2) is 62.9 Å². The molecule has 0 aromatic rings. The Morgan fingerprint density at radius 3 is 2.55 bits per heavy atom. The third-order valence-electron chi connectivity index (χ3n) is 4.23. The van der Waals surface area contributed by atoms with E-state index in [9.17, 15) is 4.79 Å². The number of esters is 1. The first-order valence-corrected chi connectivity index (χ1v) is 7.66. The average molecular weight is 284 g/mol. The zero-order chi connectivity index (χ0) is 14.6. The molecule has 20 heavy (non-hydrogen) atoms. The highest BCUT2D eigenvalue weighted by atomic mass is 16.5. The average Bonchev–Trinajstić information content (AvgIpc) is 3.22. The van der Waals surface area contributed by atoms with Crippen LogP contribution in [0.2, 0.25) is 0 Å². The number of carbonyl (C=O) groups is 1. The molecule has 1 unspecified atom stereocenters. The SMILES string of the molecule is COC(=O)C(C)(CN(C)CC1CCOCC1)NC1CC1. The van der Waals surface area contributed by atoms with Gasteiger partial charge in [0.05, 0.1) is 7.11 Å². The summed E-state index contributed by atoms with van der Waals surface area (Å²) in [7, 11) is 3.55. The zero-order valence-corrected chi connectivity index (χ0v) is 13.0. The minimum Gasteiger partial charge on any atom is -0.468 e. The number of hydrogen-bond donors (Lipinski definition) is 1. The predicted molar refractivity (Wildman–Crippen MR) is 77.6 cm³/mol. The van der Waals surface area contributed by atoms with Crippen molar-refractivity contribution >= 4 is 5.97 Å². The summed E-state index contributed by atoms with van der Waals surface area (Å²) >= 11 is 0. The van der Waals surface area contributed by atoms with E-state index >= 15 is 0 Å². The van der Waals surface area contributed by atoms with Crippen molar-refractivity contribution in [3.05, 3.63) is 0 Å². The molecule has 5 heteroatoms. The van der Waals surface area contributed by atoms with Crippen LogP contribution in [0.15, 0.2) is 0 Å². The molecular formula is C15H28N2O3. The van der Waals surface area contributed by atoms with Crippen LogP contribution in [0.1, 0.15) is 32.6 Å². The molecule has 116 valence electrons. The van der Waals surface area contributed by atoms with Gasteiger partial charge in [-0.1, -0.05) is 0 Å². The number of ether oxygens (including phenoxy) is 2. The maximum Gasteiger partial charge on any atom is 0.327 e. The van der Waals surface area contributed by atoms with Crippen molar-refractivity contribution in [3.63, 3.8) is 0 Å². The summed E-state index contributed by atoms with van der Waals surface area (Å²) in [4.78, 5) is 14.3. The van der Waals surface area contributed by atoms with Crippen LogP contribution in [0.3, 0.4) is 0 Å². The standard InChI is InChI=1S/C15H28N2O3/c1-15(14(18)19-3,16-13-4-5-13)11-17(2)10-12-6-8-20-9-7-12/h12-13,16H,4-11H2,1-3H3. The van der Waals surface area contributed by atoms with Crippen LogP contribution >= 0.6 is 0 Å². The summed E-state index contributed by atoms with van der Waals surface area (Å²) in [6.45, 7) is 5.40. The molecule has 5 nitrogen and oxygen atoms in total. The Bertz CT molecular complexity index is 327. The van der Waals surface area contributed by atoms with Gasteiger partial charge in [0.25, 0.3) is 0 Å². The summed E-state index contributed by atoms with van der Waals surface area (Å²) in [5.41, 5.74) is -0.601. The summed E-state index contributed by atoms with van der Waals surface area (Å²) < 4.78 is 10.4. The van der Waals surface area contributed by atoms with Gasteiger partial charge in [-0.25, -0.2) is 0 Å². The maximum absolute atomic E-state index is 12.1. The molecule has 1 saturated carbocycles. The minimum absolute atomic E-state index is 0.164. The Morgan fingerprint density at radius 1 is 1.35 bits per heavy atom. The van der Waals surface area contributed by atoms with Crippen LogP contribution in [0.4, 0.5) is 0 Å². The van der Waals surface area contributed by atoms with Crippen LogP contribution in [0.5, 0.6) is 0 Å². The van der Waals surface area contributed by atoms with Gasteiger partial charge >= 0.3 is 5.97 Å². The monoisotopic (exact) mass is 284 g/mol. The molecule has 1 aliphatic carbocycles. The van der Waals surface area contributed by atoms with E-state index in [1.165, 1.54) is 7.11 Å². The van der Waals surface area contributed by atoms with Gasteiger partial charge in [-0.2, -0.15) is 0 Å². The smallest absolute Gasteiger partial charge is 0.327 e. The normalized spacial score (nSPS) is 23.6. The molecule has 2 fully saturated rings. The van der Waals surface area contributed by atoms with Crippen molar-refractivity contribution in [1.82, 2.24) is 10.2 Å². The topological polar surface area (TPSA) is 50.8 Å². The lowest BCUT2D eigenvalue weighted by molar-refractivity contribution is -0.148. The molecule has 1 atom stereocenters. The minimum atomic E-state index is -0.601. The lowest BCUT2D eigenvalue weighted by Crippen LogP contribution is -2.58. The summed E-state index contributed by atoms with van der Waals surface area (Å²) in [5.74, 6) is 0.514. The highest BCUT2D eigenvalue weighted by Crippen LogP contribution is 2.24. The van der Waals surface area contributed by atoms with Crippen LogP contribution < -0.4 is 5.32 Å². The molecule has 1 aliphatic heterocycles. The first-order chi connectivity index (χ1) is 9.53. The number of nitrogens with one attached hydrogen (secondary N) is 1. The van der Waals surface area contributed by atoms with Crippen molar-refractivity contribution in [2.24, 2.45) is 5.92 Å². The van der Waals surface area contributed by atoms with Crippen molar-refractivity contribution < 1.29 is 14.3 Å². The van der Waals surface area contributed by atoms with E-state index in [1.807, 2.05) is 6.92 Å². The second-order valence-corrected chi connectivity index (χ2v) is 6.49. The second-order valence-electron chi connectivity index (χ2n) is 6.49. The summed E-state index contributed by atoms with van der Waals surface area (Å²) in [5, 5.41) is 3.45. The van der Waals surface area contributed by atoms with E-state index in [1.54, 1.807) is 0 Å². The predicted octanol–water partition coefficient (Wildman–Crippen LogP) is 1.03. The van der Waals surface area contributed by atoms with Crippen LogP contribution in [-0.2, 0) is 14.3 Å². The molecule has 0 bridgehead atoms. The molecule has 0 spiro atoms. The molecule has 2 rings (SSSR count). The quantitative estimate of drug-likeness (QED) is 0.708. The lowest BCUT2D eigenvalue weighted by atomic mass is 9.97. The number of likely N-dealkylation sites (N-methyl/N-ethyl adjacent to an activating group) is 1. The van der Waals surface area contributed by atoms with Gasteiger partial charge in [0.1, 0.15) is 5.54 Å². The largest absolute Gasteiger partial charge is 0.468 e. The molecule has 2 aliphatic rings. The molecule has 0 radical (unpaired) electrons. The van der Waals surface area contributed by atoms with Crippen molar-refractivity contribution in [2.75, 3.05) is 40.5 Å². The Labute approximate surface area is 122 Å². The van der Waals surface area contributed by atoms with E-state index in [0.29, 0.717) is 18.5 Å². The molecule has 0 amide bonds. The third kappa shape index (κ3) is 4.43. The Hall–Kier alpha value is -0.650. The van der Waals surface area contributed by atoms with E-state index in [-0.39, 0.29) is 5.97 Å². The zero-order valence-electron chi connectivity index (χ0n) is 13.0. The van der Waals surface area contributed by atoms with Crippen molar-refractivity contribution in [3.8, 4) is 0 Å². The van der Waals surface area contributed by atoms with Crippen LogP contribution in [0.25, 0.3) is 0 Å². The molecule has 1 heterocycles. The molecule has 1 N–H and O–H groups in total. The highest BCUT2D eigenvalue weighted by molar-refractivity contribution is 5.80. The third-order valence-corrected chi connectivity index (χ3v) is 4.23. The number of carbonyl (C=O) groups excluding carboxylic acids is 1. The fraction of sp³-hybridized carbons (Fsp3) is 0.933. The summed E-state index contributed by atoms with van der Waals surface area (Å²) in [6, 6.07) is 0.482. The first-order valence-electron chi connectivity index (χ1n) is 7.66. The van der Waals surface area contributed by atoms with Gasteiger partial charge in [0, 0.05) is 32.3 Å². The van der Waals surface area contributed by atoms with Gasteiger partial charge in [0.2, 0.25) is 0 Å². The molecule has 0 aromatic heterocycles. The van der Waals surface area contributed by atoms with Gasteiger partial charge in [-0.3, -0.25) is 10.1 Å². The Balaban J connectivity index is 1.86. The van der Waals surface area contributed by atoms with E-state index in [0.717, 1.165) is 45.4 Å². The maximum atomic E-state index is 12.1. The van der Waals surface area contributed by atoms with E-state index in [2.05, 4.69) is 17.3 Å². The number of rotatable bonds is 7. The Kier molecular flexibility index (Phi) is 5.41. The number of methoxy groups -OCH3 is 1. The van der Waals surface area contributed by atoms with Crippen LogP contribution in [0, 0.1) is 5.92 Å². The van der Waals surface area contributed by atoms with Gasteiger partial charge in [-0.05, 0) is 45.6 Å². The highest BCUT2D eigenvalue weighted by Gasteiger charge is 2.40. The van der Waals surface area contributed by atoms with Gasteiger partial charge in [-0.15, -0.1) is 0 Å². The second kappa shape index (κ2) is 6.87. The number of hydrogen-bond acceptors (Lipinski definition) is 5. The van der Waals surface area contributed by atoms with E-state index in [4.69, 9.17) is 9.47 Å². The lowest BCUT2D eigenvalue weighted by Gasteiger charge is -2.34. The summed E-state index contributed by atoms with van der Waals surface area (Å²) in [6.07, 6.45) is 4.57. The molecule has 0 aromatic carbocycles. The van der Waals surface area contributed by atoms with Gasteiger partial charge in [0.15, 0.2) is 0 Å². The van der Waals surface area contributed by atoms with E-state index < -0.39 is 5.54 Å².